The standard InChI is InChI=1S/C22H25N3O4/c1-14(15-5-10-19-18(11-15)23-20(26)12-29-19)24-25-21(27)13-28-17-8-6-16(7-9-17)22(2,3)4/h5-11H,12-13H2,1-4H3,(H,23,26)(H,25,27)/b24-14-. The fourth-order valence-electron chi connectivity index (χ4n) is 2.75. The summed E-state index contributed by atoms with van der Waals surface area (Å²) < 4.78 is 10.8. The molecule has 0 bridgehead atoms. The minimum absolute atomic E-state index is 0.00834. The van der Waals surface area contributed by atoms with Crippen LogP contribution in [-0.4, -0.2) is 30.7 Å². The summed E-state index contributed by atoms with van der Waals surface area (Å²) in [4.78, 5) is 23.5. The third-order valence-corrected chi connectivity index (χ3v) is 4.47. The van der Waals surface area contributed by atoms with Crippen LogP contribution in [0.4, 0.5) is 5.69 Å². The zero-order chi connectivity index (χ0) is 21.0. The number of hydrazone groups is 1. The number of rotatable bonds is 5. The lowest BCUT2D eigenvalue weighted by atomic mass is 9.87. The SMILES string of the molecule is C/C(=N/NC(=O)COc1ccc(C(C)(C)C)cc1)c1ccc2c(c1)NC(=O)CO2. The number of fused-ring (bicyclic) bond motifs is 1. The molecule has 0 aliphatic carbocycles. The van der Waals surface area contributed by atoms with Gasteiger partial charge in [0.25, 0.3) is 11.8 Å². The molecule has 29 heavy (non-hydrogen) atoms. The first-order chi connectivity index (χ1) is 13.7. The highest BCUT2D eigenvalue weighted by molar-refractivity contribution is 6.02. The highest BCUT2D eigenvalue weighted by Gasteiger charge is 2.16. The molecule has 0 saturated heterocycles. The molecule has 1 heterocycles. The highest BCUT2D eigenvalue weighted by atomic mass is 16.5. The van der Waals surface area contributed by atoms with Crippen LogP contribution in [0.1, 0.15) is 38.8 Å². The van der Waals surface area contributed by atoms with E-state index < -0.39 is 0 Å². The van der Waals surface area contributed by atoms with Gasteiger partial charge in [-0.05, 0) is 53.8 Å². The van der Waals surface area contributed by atoms with Crippen molar-refractivity contribution in [2.75, 3.05) is 18.5 Å². The van der Waals surface area contributed by atoms with Crippen molar-refractivity contribution in [1.29, 1.82) is 0 Å². The number of amides is 2. The maximum atomic E-state index is 12.0. The molecule has 2 N–H and O–H groups in total. The normalized spacial score (nSPS) is 13.8. The van der Waals surface area contributed by atoms with E-state index in [0.29, 0.717) is 22.9 Å². The van der Waals surface area contributed by atoms with Crippen molar-refractivity contribution in [3.8, 4) is 11.5 Å². The molecule has 3 rings (SSSR count). The number of nitrogens with zero attached hydrogens (tertiary/aromatic N) is 1. The Morgan fingerprint density at radius 1 is 1.21 bits per heavy atom. The summed E-state index contributed by atoms with van der Waals surface area (Å²) in [5, 5.41) is 6.85. The molecule has 0 radical (unpaired) electrons. The Morgan fingerprint density at radius 2 is 1.93 bits per heavy atom. The highest BCUT2D eigenvalue weighted by Crippen LogP contribution is 2.28. The minimum Gasteiger partial charge on any atom is -0.484 e. The van der Waals surface area contributed by atoms with E-state index >= 15 is 0 Å². The molecule has 7 heteroatoms. The number of anilines is 1. The molecule has 1 aliphatic rings. The summed E-state index contributed by atoms with van der Waals surface area (Å²) in [6.45, 7) is 8.05. The van der Waals surface area contributed by atoms with Crippen LogP contribution in [-0.2, 0) is 15.0 Å². The molecule has 2 aromatic carbocycles. The second-order valence-corrected chi connectivity index (χ2v) is 7.84. The molecule has 0 unspecified atom stereocenters. The molecule has 0 aromatic heterocycles. The van der Waals surface area contributed by atoms with E-state index in [1.54, 1.807) is 19.1 Å². The van der Waals surface area contributed by atoms with Crippen LogP contribution in [0.2, 0.25) is 0 Å². The Balaban J connectivity index is 1.55. The third-order valence-electron chi connectivity index (χ3n) is 4.47. The molecule has 0 saturated carbocycles. The van der Waals surface area contributed by atoms with Gasteiger partial charge in [0, 0.05) is 0 Å². The summed E-state index contributed by atoms with van der Waals surface area (Å²) in [6, 6.07) is 13.0. The average molecular weight is 395 g/mol. The fraction of sp³-hybridized carbons (Fsp3) is 0.318. The lowest BCUT2D eigenvalue weighted by Gasteiger charge is -2.19. The number of carbonyl (C=O) groups is 2. The Bertz CT molecular complexity index is 944. The van der Waals surface area contributed by atoms with E-state index in [2.05, 4.69) is 36.6 Å². The second kappa shape index (κ2) is 8.34. The van der Waals surface area contributed by atoms with Crippen LogP contribution in [0.3, 0.4) is 0 Å². The summed E-state index contributed by atoms with van der Waals surface area (Å²) in [5.74, 6) is 0.666. The zero-order valence-electron chi connectivity index (χ0n) is 17.0. The van der Waals surface area contributed by atoms with E-state index in [9.17, 15) is 9.59 Å². The quantitative estimate of drug-likeness (QED) is 0.601. The first-order valence-corrected chi connectivity index (χ1v) is 9.36. The van der Waals surface area contributed by atoms with Gasteiger partial charge in [-0.15, -0.1) is 0 Å². The summed E-state index contributed by atoms with van der Waals surface area (Å²) in [7, 11) is 0. The molecule has 0 spiro atoms. The van der Waals surface area contributed by atoms with E-state index in [1.807, 2.05) is 30.3 Å². The molecule has 0 fully saturated rings. The lowest BCUT2D eigenvalue weighted by Crippen LogP contribution is -2.26. The topological polar surface area (TPSA) is 89.0 Å². The van der Waals surface area contributed by atoms with Gasteiger partial charge in [-0.2, -0.15) is 5.10 Å². The summed E-state index contributed by atoms with van der Waals surface area (Å²) >= 11 is 0. The van der Waals surface area contributed by atoms with Gasteiger partial charge in [0.15, 0.2) is 13.2 Å². The van der Waals surface area contributed by atoms with E-state index in [1.165, 1.54) is 5.56 Å². The van der Waals surface area contributed by atoms with E-state index in [-0.39, 0.29) is 30.4 Å². The molecule has 2 amide bonds. The van der Waals surface area contributed by atoms with Crippen LogP contribution in [0, 0.1) is 0 Å². The number of hydrogen-bond donors (Lipinski definition) is 2. The monoisotopic (exact) mass is 395 g/mol. The molecule has 0 atom stereocenters. The number of benzene rings is 2. The third kappa shape index (κ3) is 5.34. The van der Waals surface area contributed by atoms with Crippen molar-refractivity contribution < 1.29 is 19.1 Å². The van der Waals surface area contributed by atoms with Gasteiger partial charge in [-0.3, -0.25) is 9.59 Å². The van der Waals surface area contributed by atoms with Gasteiger partial charge in [0.1, 0.15) is 11.5 Å². The Labute approximate surface area is 170 Å². The van der Waals surface area contributed by atoms with Gasteiger partial charge in [-0.25, -0.2) is 5.43 Å². The smallest absolute Gasteiger partial charge is 0.277 e. The van der Waals surface area contributed by atoms with E-state index in [0.717, 1.165) is 5.56 Å². The first-order valence-electron chi connectivity index (χ1n) is 9.36. The predicted molar refractivity (Wildman–Crippen MR) is 112 cm³/mol. The number of ether oxygens (including phenoxy) is 2. The van der Waals surface area contributed by atoms with Gasteiger partial charge < -0.3 is 14.8 Å². The van der Waals surface area contributed by atoms with Crippen LogP contribution in [0.5, 0.6) is 11.5 Å². The maximum Gasteiger partial charge on any atom is 0.277 e. The van der Waals surface area contributed by atoms with Gasteiger partial charge in [0.05, 0.1) is 11.4 Å². The van der Waals surface area contributed by atoms with Gasteiger partial charge >= 0.3 is 0 Å². The Kier molecular flexibility index (Phi) is 5.87. The van der Waals surface area contributed by atoms with Crippen molar-refractivity contribution in [2.24, 2.45) is 5.10 Å². The van der Waals surface area contributed by atoms with Crippen LogP contribution in [0.25, 0.3) is 0 Å². The maximum absolute atomic E-state index is 12.0. The zero-order valence-corrected chi connectivity index (χ0v) is 17.0. The van der Waals surface area contributed by atoms with Crippen molar-refractivity contribution in [3.05, 3.63) is 53.6 Å². The van der Waals surface area contributed by atoms with Crippen LogP contribution in [0.15, 0.2) is 47.6 Å². The minimum atomic E-state index is -0.362. The van der Waals surface area contributed by atoms with Gasteiger partial charge in [-0.1, -0.05) is 32.9 Å². The Hall–Kier alpha value is -3.35. The lowest BCUT2D eigenvalue weighted by molar-refractivity contribution is -0.123. The van der Waals surface area contributed by atoms with Crippen molar-refractivity contribution in [2.45, 2.75) is 33.1 Å². The van der Waals surface area contributed by atoms with Crippen LogP contribution < -0.4 is 20.2 Å². The molecule has 152 valence electrons. The second-order valence-electron chi connectivity index (χ2n) is 7.84. The molecular weight excluding hydrogens is 370 g/mol. The largest absolute Gasteiger partial charge is 0.484 e. The van der Waals surface area contributed by atoms with Crippen molar-refractivity contribution >= 4 is 23.2 Å². The molecule has 2 aromatic rings. The van der Waals surface area contributed by atoms with E-state index in [4.69, 9.17) is 9.47 Å². The van der Waals surface area contributed by atoms with Crippen LogP contribution >= 0.6 is 0 Å². The fourth-order valence-corrected chi connectivity index (χ4v) is 2.75. The van der Waals surface area contributed by atoms with Gasteiger partial charge in [0.2, 0.25) is 0 Å². The Morgan fingerprint density at radius 3 is 2.62 bits per heavy atom. The molecular formula is C22H25N3O4. The first kappa shape index (κ1) is 20.4. The summed E-state index contributed by atoms with van der Waals surface area (Å²) in [5.41, 5.74) is 5.68. The molecule has 1 aliphatic heterocycles. The van der Waals surface area contributed by atoms with Crippen molar-refractivity contribution in [1.82, 2.24) is 5.43 Å². The predicted octanol–water partition coefficient (Wildman–Crippen LogP) is 3.23. The number of nitrogens with one attached hydrogen (secondary N) is 2. The number of carbonyl (C=O) groups excluding carboxylic acids is 2. The average Bonchev–Trinajstić information content (AvgIpc) is 2.69. The van der Waals surface area contributed by atoms with Crippen molar-refractivity contribution in [3.63, 3.8) is 0 Å². The summed E-state index contributed by atoms with van der Waals surface area (Å²) in [6.07, 6.45) is 0. The number of hydrogen-bond acceptors (Lipinski definition) is 5. The molecule has 7 nitrogen and oxygen atoms in total.